The van der Waals surface area contributed by atoms with Gasteiger partial charge in [0.2, 0.25) is 0 Å². The van der Waals surface area contributed by atoms with Crippen LogP contribution in [0.4, 0.5) is 0 Å². The lowest BCUT2D eigenvalue weighted by Gasteiger charge is -2.42. The van der Waals surface area contributed by atoms with Crippen molar-refractivity contribution < 1.29 is 4.74 Å². The van der Waals surface area contributed by atoms with Crippen molar-refractivity contribution in [2.45, 2.75) is 58.6 Å². The Labute approximate surface area is 127 Å². The summed E-state index contributed by atoms with van der Waals surface area (Å²) in [7, 11) is 0. The number of nitrogens with two attached hydrogens (primary N) is 1. The van der Waals surface area contributed by atoms with E-state index in [4.69, 9.17) is 22.1 Å². The van der Waals surface area contributed by atoms with Gasteiger partial charge in [0.05, 0.1) is 5.02 Å². The molecule has 0 saturated heterocycles. The van der Waals surface area contributed by atoms with Crippen molar-refractivity contribution in [1.29, 1.82) is 0 Å². The van der Waals surface area contributed by atoms with Crippen molar-refractivity contribution in [3.63, 3.8) is 0 Å². The highest BCUT2D eigenvalue weighted by Crippen LogP contribution is 2.41. The van der Waals surface area contributed by atoms with E-state index in [1.54, 1.807) is 0 Å². The molecule has 2 N–H and O–H groups in total. The molecule has 0 aromatic heterocycles. The van der Waals surface area contributed by atoms with E-state index in [2.05, 4.69) is 20.8 Å². The van der Waals surface area contributed by atoms with Gasteiger partial charge in [0.1, 0.15) is 11.9 Å². The molecule has 2 rings (SSSR count). The van der Waals surface area contributed by atoms with Gasteiger partial charge in [0, 0.05) is 6.04 Å². The summed E-state index contributed by atoms with van der Waals surface area (Å²) in [6, 6.07) is 7.75. The molecule has 1 fully saturated rings. The average molecular weight is 296 g/mol. The molecule has 0 bridgehead atoms. The fourth-order valence-corrected chi connectivity index (χ4v) is 3.17. The highest BCUT2D eigenvalue weighted by Gasteiger charge is 2.37. The fraction of sp³-hybridized carbons (Fsp3) is 0.647. The molecular weight excluding hydrogens is 270 g/mol. The third-order valence-corrected chi connectivity index (χ3v) is 5.29. The van der Waals surface area contributed by atoms with E-state index < -0.39 is 0 Å². The molecule has 0 amide bonds. The molecular formula is C17H26ClNO. The molecule has 0 heterocycles. The normalized spacial score (nSPS) is 27.4. The molecule has 0 aliphatic heterocycles. The Hall–Kier alpha value is -0.730. The molecule has 0 spiro atoms. The van der Waals surface area contributed by atoms with Crippen LogP contribution in [0.3, 0.4) is 0 Å². The first-order valence-electron chi connectivity index (χ1n) is 7.61. The van der Waals surface area contributed by atoms with Crippen LogP contribution >= 0.6 is 11.6 Å². The van der Waals surface area contributed by atoms with Crippen molar-refractivity contribution in [2.75, 3.05) is 0 Å². The maximum Gasteiger partial charge on any atom is 0.138 e. The Morgan fingerprint density at radius 2 is 2.00 bits per heavy atom. The van der Waals surface area contributed by atoms with Gasteiger partial charge < -0.3 is 10.5 Å². The van der Waals surface area contributed by atoms with Gasteiger partial charge in [-0.3, -0.25) is 0 Å². The maximum atomic E-state index is 6.26. The standard InChI is InChI=1S/C17H26ClNO/c1-4-17(2,3)12-9-10-14(19)16(11-12)20-15-8-6-5-7-13(15)18/h5-8,12,14,16H,4,9-11,19H2,1-3H3. The Balaban J connectivity index is 2.08. The van der Waals surface area contributed by atoms with Gasteiger partial charge in [-0.2, -0.15) is 0 Å². The number of para-hydroxylation sites is 1. The van der Waals surface area contributed by atoms with E-state index in [1.807, 2.05) is 24.3 Å². The van der Waals surface area contributed by atoms with Gasteiger partial charge in [0.15, 0.2) is 0 Å². The SMILES string of the molecule is CCC(C)(C)C1CCC(N)C(Oc2ccccc2Cl)C1. The average Bonchev–Trinajstić information content (AvgIpc) is 2.43. The molecule has 1 aliphatic carbocycles. The quantitative estimate of drug-likeness (QED) is 0.877. The van der Waals surface area contributed by atoms with Crippen LogP contribution in [-0.4, -0.2) is 12.1 Å². The predicted octanol–water partition coefficient (Wildman–Crippen LogP) is 4.65. The van der Waals surface area contributed by atoms with E-state index >= 15 is 0 Å². The summed E-state index contributed by atoms with van der Waals surface area (Å²) < 4.78 is 6.11. The number of rotatable bonds is 4. The smallest absolute Gasteiger partial charge is 0.138 e. The predicted molar refractivity (Wildman–Crippen MR) is 85.3 cm³/mol. The Morgan fingerprint density at radius 3 is 2.65 bits per heavy atom. The minimum Gasteiger partial charge on any atom is -0.487 e. The lowest BCUT2D eigenvalue weighted by molar-refractivity contribution is 0.0502. The van der Waals surface area contributed by atoms with Crippen LogP contribution in [0.25, 0.3) is 0 Å². The fourth-order valence-electron chi connectivity index (χ4n) is 2.99. The summed E-state index contributed by atoms with van der Waals surface area (Å²) in [5, 5.41) is 0.663. The molecule has 112 valence electrons. The number of hydrogen-bond donors (Lipinski definition) is 1. The summed E-state index contributed by atoms with van der Waals surface area (Å²) in [4.78, 5) is 0. The van der Waals surface area contributed by atoms with Crippen LogP contribution in [0, 0.1) is 11.3 Å². The van der Waals surface area contributed by atoms with Crippen LogP contribution in [0.2, 0.25) is 5.02 Å². The molecule has 1 aromatic carbocycles. The van der Waals surface area contributed by atoms with Gasteiger partial charge >= 0.3 is 0 Å². The maximum absolute atomic E-state index is 6.26. The van der Waals surface area contributed by atoms with Crippen LogP contribution in [0.5, 0.6) is 5.75 Å². The van der Waals surface area contributed by atoms with E-state index in [0.717, 1.165) is 18.6 Å². The molecule has 3 heteroatoms. The van der Waals surface area contributed by atoms with E-state index in [0.29, 0.717) is 16.4 Å². The van der Waals surface area contributed by atoms with E-state index in [1.165, 1.54) is 12.8 Å². The number of hydrogen-bond acceptors (Lipinski definition) is 2. The van der Waals surface area contributed by atoms with Crippen molar-refractivity contribution in [2.24, 2.45) is 17.1 Å². The minimum absolute atomic E-state index is 0.0690. The summed E-state index contributed by atoms with van der Waals surface area (Å²) >= 11 is 6.18. The van der Waals surface area contributed by atoms with Gasteiger partial charge in [-0.1, -0.05) is 50.9 Å². The van der Waals surface area contributed by atoms with E-state index in [-0.39, 0.29) is 12.1 Å². The molecule has 1 saturated carbocycles. The molecule has 3 atom stereocenters. The first-order valence-corrected chi connectivity index (χ1v) is 7.98. The summed E-state index contributed by atoms with van der Waals surface area (Å²) in [5.41, 5.74) is 6.61. The highest BCUT2D eigenvalue weighted by molar-refractivity contribution is 6.32. The molecule has 3 unspecified atom stereocenters. The molecule has 2 nitrogen and oxygen atoms in total. The Bertz CT molecular complexity index is 446. The second-order valence-corrected chi connectivity index (χ2v) is 7.01. The van der Waals surface area contributed by atoms with Gasteiger partial charge in [-0.25, -0.2) is 0 Å². The Morgan fingerprint density at radius 1 is 1.30 bits per heavy atom. The zero-order valence-corrected chi connectivity index (χ0v) is 13.5. The Kier molecular flexibility index (Phi) is 4.98. The van der Waals surface area contributed by atoms with Crippen LogP contribution < -0.4 is 10.5 Å². The summed E-state index contributed by atoms with van der Waals surface area (Å²) in [5.74, 6) is 1.42. The van der Waals surface area contributed by atoms with Crippen molar-refractivity contribution in [3.05, 3.63) is 29.3 Å². The monoisotopic (exact) mass is 295 g/mol. The van der Waals surface area contributed by atoms with Crippen molar-refractivity contribution in [1.82, 2.24) is 0 Å². The van der Waals surface area contributed by atoms with Gasteiger partial charge in [-0.15, -0.1) is 0 Å². The molecule has 1 aliphatic rings. The summed E-state index contributed by atoms with van der Waals surface area (Å²) in [6.45, 7) is 6.96. The van der Waals surface area contributed by atoms with Gasteiger partial charge in [0.25, 0.3) is 0 Å². The van der Waals surface area contributed by atoms with Gasteiger partial charge in [-0.05, 0) is 42.7 Å². The second kappa shape index (κ2) is 6.36. The lowest BCUT2D eigenvalue weighted by atomic mass is 9.68. The first-order chi connectivity index (χ1) is 9.44. The third-order valence-electron chi connectivity index (χ3n) is 4.97. The third kappa shape index (κ3) is 3.48. The van der Waals surface area contributed by atoms with Crippen LogP contribution in [0.15, 0.2) is 24.3 Å². The zero-order valence-electron chi connectivity index (χ0n) is 12.7. The molecule has 0 radical (unpaired) electrons. The minimum atomic E-state index is 0.0690. The van der Waals surface area contributed by atoms with Crippen LogP contribution in [0.1, 0.15) is 46.5 Å². The largest absolute Gasteiger partial charge is 0.487 e. The number of benzene rings is 1. The van der Waals surface area contributed by atoms with Crippen molar-refractivity contribution in [3.8, 4) is 5.75 Å². The zero-order chi connectivity index (χ0) is 14.8. The molecule has 20 heavy (non-hydrogen) atoms. The topological polar surface area (TPSA) is 35.2 Å². The van der Waals surface area contributed by atoms with E-state index in [9.17, 15) is 0 Å². The van der Waals surface area contributed by atoms with Crippen LogP contribution in [-0.2, 0) is 0 Å². The first kappa shape index (κ1) is 15.7. The number of halogens is 1. The summed E-state index contributed by atoms with van der Waals surface area (Å²) in [6.07, 6.45) is 4.51. The molecule has 1 aromatic rings. The van der Waals surface area contributed by atoms with Crippen molar-refractivity contribution >= 4 is 11.6 Å². The lowest BCUT2D eigenvalue weighted by Crippen LogP contribution is -2.46. The second-order valence-electron chi connectivity index (χ2n) is 6.60. The highest BCUT2D eigenvalue weighted by atomic mass is 35.5. The number of ether oxygens (including phenoxy) is 1.